The summed E-state index contributed by atoms with van der Waals surface area (Å²) in [6.07, 6.45) is 4.48. The van der Waals surface area contributed by atoms with E-state index in [1.54, 1.807) is 18.2 Å². The lowest BCUT2D eigenvalue weighted by Gasteiger charge is -2.16. The van der Waals surface area contributed by atoms with E-state index in [0.29, 0.717) is 17.1 Å². The summed E-state index contributed by atoms with van der Waals surface area (Å²) in [5.74, 6) is 0.725. The van der Waals surface area contributed by atoms with Gasteiger partial charge in [0.05, 0.1) is 20.3 Å². The average molecular weight is 420 g/mol. The van der Waals surface area contributed by atoms with Crippen LogP contribution in [0.25, 0.3) is 0 Å². The number of hydrogen-bond donors (Lipinski definition) is 2. The minimum Gasteiger partial charge on any atom is -0.495 e. The molecule has 2 aromatic rings. The Labute approximate surface area is 170 Å². The molecule has 0 radical (unpaired) electrons. The summed E-state index contributed by atoms with van der Waals surface area (Å²) in [5, 5.41) is 7.87. The smallest absolute Gasteiger partial charge is 0.255 e. The van der Waals surface area contributed by atoms with Crippen LogP contribution in [0.4, 0.5) is 5.69 Å². The molecule has 3 N–H and O–H groups in total. The first-order valence-corrected chi connectivity index (χ1v) is 10.7. The van der Waals surface area contributed by atoms with Crippen molar-refractivity contribution in [2.24, 2.45) is 5.14 Å². The van der Waals surface area contributed by atoms with Gasteiger partial charge >= 0.3 is 0 Å². The van der Waals surface area contributed by atoms with Gasteiger partial charge in [0, 0.05) is 11.3 Å². The van der Waals surface area contributed by atoms with Crippen molar-refractivity contribution in [3.63, 3.8) is 0 Å². The Balaban J connectivity index is 1.80. The van der Waals surface area contributed by atoms with Crippen LogP contribution < -0.4 is 24.7 Å². The third kappa shape index (κ3) is 4.99. The molecule has 0 aliphatic heterocycles. The molecule has 156 valence electrons. The number of anilines is 1. The molecular formula is C20H24N2O6S. The Morgan fingerprint density at radius 3 is 2.28 bits per heavy atom. The van der Waals surface area contributed by atoms with Gasteiger partial charge in [0.1, 0.15) is 10.6 Å². The summed E-state index contributed by atoms with van der Waals surface area (Å²) in [7, 11) is -1.16. The van der Waals surface area contributed by atoms with Crippen LogP contribution in [0.1, 0.15) is 36.0 Å². The van der Waals surface area contributed by atoms with Crippen LogP contribution in [-0.4, -0.2) is 34.6 Å². The highest BCUT2D eigenvalue weighted by Gasteiger charge is 2.20. The molecule has 29 heavy (non-hydrogen) atoms. The number of nitrogens with one attached hydrogen (secondary N) is 1. The number of ether oxygens (including phenoxy) is 3. The van der Waals surface area contributed by atoms with Crippen molar-refractivity contribution in [2.45, 2.75) is 36.7 Å². The van der Waals surface area contributed by atoms with Crippen LogP contribution in [0, 0.1) is 0 Å². The van der Waals surface area contributed by atoms with Crippen LogP contribution in [0.2, 0.25) is 0 Å². The van der Waals surface area contributed by atoms with Gasteiger partial charge < -0.3 is 19.5 Å². The number of carbonyl (C=O) groups excluding carboxylic acids is 1. The summed E-state index contributed by atoms with van der Waals surface area (Å²) in [6, 6.07) is 9.13. The van der Waals surface area contributed by atoms with E-state index < -0.39 is 15.9 Å². The van der Waals surface area contributed by atoms with Gasteiger partial charge in [-0.1, -0.05) is 0 Å². The minimum absolute atomic E-state index is 0.0978. The van der Waals surface area contributed by atoms with Gasteiger partial charge in [0.2, 0.25) is 10.0 Å². The molecule has 1 aliphatic rings. The monoisotopic (exact) mass is 420 g/mol. The quantitative estimate of drug-likeness (QED) is 0.711. The second-order valence-corrected chi connectivity index (χ2v) is 8.28. The molecule has 0 spiro atoms. The van der Waals surface area contributed by atoms with Crippen LogP contribution in [0.3, 0.4) is 0 Å². The number of primary sulfonamides is 1. The fourth-order valence-corrected chi connectivity index (χ4v) is 4.00. The lowest BCUT2D eigenvalue weighted by atomic mass is 10.1. The molecule has 0 atom stereocenters. The molecule has 0 saturated heterocycles. The van der Waals surface area contributed by atoms with Gasteiger partial charge in [0.25, 0.3) is 5.91 Å². The number of benzene rings is 2. The fraction of sp³-hybridized carbons (Fsp3) is 0.350. The number of amides is 1. The van der Waals surface area contributed by atoms with Crippen molar-refractivity contribution in [3.8, 4) is 17.2 Å². The van der Waals surface area contributed by atoms with Crippen molar-refractivity contribution in [3.05, 3.63) is 42.0 Å². The predicted octanol–water partition coefficient (Wildman–Crippen LogP) is 2.92. The highest BCUT2D eigenvalue weighted by Crippen LogP contribution is 2.33. The van der Waals surface area contributed by atoms with E-state index in [9.17, 15) is 13.2 Å². The fourth-order valence-electron chi connectivity index (χ4n) is 3.27. The number of hydrogen-bond acceptors (Lipinski definition) is 6. The standard InChI is InChI=1S/C20H24N2O6S/c1-26-17-10-8-14(12-19(17)29(21,24)25)22-20(23)13-7-9-16(18(11-13)27-2)28-15-5-3-4-6-15/h7-12,15H,3-6H2,1-2H3,(H,22,23)(H2,21,24,25). The zero-order valence-corrected chi connectivity index (χ0v) is 17.1. The molecule has 2 aromatic carbocycles. The first kappa shape index (κ1) is 20.9. The van der Waals surface area contributed by atoms with Gasteiger partial charge in [0.15, 0.2) is 11.5 Å². The maximum Gasteiger partial charge on any atom is 0.255 e. The Morgan fingerprint density at radius 1 is 1.00 bits per heavy atom. The predicted molar refractivity (Wildman–Crippen MR) is 108 cm³/mol. The Hall–Kier alpha value is -2.78. The molecule has 0 unspecified atom stereocenters. The van der Waals surface area contributed by atoms with Crippen molar-refractivity contribution >= 4 is 21.6 Å². The molecule has 0 bridgehead atoms. The molecule has 1 fully saturated rings. The molecule has 9 heteroatoms. The Bertz CT molecular complexity index is 1000. The number of sulfonamides is 1. The number of rotatable bonds is 7. The first-order chi connectivity index (χ1) is 13.8. The van der Waals surface area contributed by atoms with E-state index in [1.807, 2.05) is 0 Å². The lowest BCUT2D eigenvalue weighted by molar-refractivity contribution is 0.102. The van der Waals surface area contributed by atoms with Crippen molar-refractivity contribution in [1.82, 2.24) is 0 Å². The third-order valence-electron chi connectivity index (χ3n) is 4.75. The molecule has 0 aromatic heterocycles. The zero-order chi connectivity index (χ0) is 21.0. The number of methoxy groups -OCH3 is 2. The normalized spacial score (nSPS) is 14.4. The van der Waals surface area contributed by atoms with Crippen molar-refractivity contribution in [2.75, 3.05) is 19.5 Å². The first-order valence-electron chi connectivity index (χ1n) is 9.18. The van der Waals surface area contributed by atoms with Gasteiger partial charge in [-0.15, -0.1) is 0 Å². The SMILES string of the molecule is COc1cc(C(=O)Nc2ccc(OC)c(S(N)(=O)=O)c2)ccc1OC1CCCC1. The highest BCUT2D eigenvalue weighted by atomic mass is 32.2. The maximum absolute atomic E-state index is 12.6. The van der Waals surface area contributed by atoms with Crippen molar-refractivity contribution < 1.29 is 27.4 Å². The summed E-state index contributed by atoms with van der Waals surface area (Å²) in [6.45, 7) is 0. The lowest BCUT2D eigenvalue weighted by Crippen LogP contribution is -2.16. The van der Waals surface area contributed by atoms with E-state index >= 15 is 0 Å². The minimum atomic E-state index is -4.01. The number of carbonyl (C=O) groups is 1. The Morgan fingerprint density at radius 2 is 1.66 bits per heavy atom. The van der Waals surface area contributed by atoms with E-state index in [-0.39, 0.29) is 22.4 Å². The second kappa shape index (κ2) is 8.71. The third-order valence-corrected chi connectivity index (χ3v) is 5.68. The molecule has 1 aliphatic carbocycles. The Kier molecular flexibility index (Phi) is 6.29. The van der Waals surface area contributed by atoms with Crippen LogP contribution >= 0.6 is 0 Å². The van der Waals surface area contributed by atoms with Gasteiger partial charge in [-0.25, -0.2) is 13.6 Å². The molecular weight excluding hydrogens is 396 g/mol. The van der Waals surface area contributed by atoms with E-state index in [4.69, 9.17) is 19.3 Å². The van der Waals surface area contributed by atoms with Crippen molar-refractivity contribution in [1.29, 1.82) is 0 Å². The van der Waals surface area contributed by atoms with Gasteiger partial charge in [-0.2, -0.15) is 0 Å². The van der Waals surface area contributed by atoms with E-state index in [2.05, 4.69) is 5.32 Å². The molecule has 1 amide bonds. The molecule has 1 saturated carbocycles. The zero-order valence-electron chi connectivity index (χ0n) is 16.3. The van der Waals surface area contributed by atoms with Gasteiger partial charge in [-0.3, -0.25) is 4.79 Å². The topological polar surface area (TPSA) is 117 Å². The summed E-state index contributed by atoms with van der Waals surface area (Å²) in [5.41, 5.74) is 0.610. The average Bonchev–Trinajstić information content (AvgIpc) is 3.20. The molecule has 0 heterocycles. The van der Waals surface area contributed by atoms with E-state index in [0.717, 1.165) is 25.7 Å². The molecule has 3 rings (SSSR count). The van der Waals surface area contributed by atoms with Gasteiger partial charge in [-0.05, 0) is 62.1 Å². The second-order valence-electron chi connectivity index (χ2n) is 6.75. The highest BCUT2D eigenvalue weighted by molar-refractivity contribution is 7.89. The summed E-state index contributed by atoms with van der Waals surface area (Å²) >= 11 is 0. The number of nitrogens with two attached hydrogens (primary N) is 1. The largest absolute Gasteiger partial charge is 0.495 e. The maximum atomic E-state index is 12.6. The molecule has 8 nitrogen and oxygen atoms in total. The van der Waals surface area contributed by atoms with E-state index in [1.165, 1.54) is 32.4 Å². The van der Waals surface area contributed by atoms with Crippen LogP contribution in [0.15, 0.2) is 41.3 Å². The van der Waals surface area contributed by atoms with Crippen LogP contribution in [-0.2, 0) is 10.0 Å². The van der Waals surface area contributed by atoms with Crippen LogP contribution in [0.5, 0.6) is 17.2 Å². The summed E-state index contributed by atoms with van der Waals surface area (Å²) < 4.78 is 39.8. The summed E-state index contributed by atoms with van der Waals surface area (Å²) in [4.78, 5) is 12.4.